The van der Waals surface area contributed by atoms with Crippen LogP contribution in [0.25, 0.3) is 16.7 Å². The van der Waals surface area contributed by atoms with Gasteiger partial charge in [-0.1, -0.05) is 11.2 Å². The number of amides is 2. The first kappa shape index (κ1) is 23.6. The van der Waals surface area contributed by atoms with Gasteiger partial charge in [0.1, 0.15) is 11.4 Å². The van der Waals surface area contributed by atoms with E-state index in [2.05, 4.69) is 15.9 Å². The Kier molecular flexibility index (Phi) is 7.54. The molecule has 1 aliphatic heterocycles. The van der Waals surface area contributed by atoms with Gasteiger partial charge in [-0.3, -0.25) is 14.2 Å². The third-order valence-corrected chi connectivity index (χ3v) is 5.10. The lowest BCUT2D eigenvalue weighted by Crippen LogP contribution is -2.42. The van der Waals surface area contributed by atoms with Crippen LogP contribution >= 0.6 is 0 Å². The summed E-state index contributed by atoms with van der Waals surface area (Å²) in [5, 5.41) is 4.42. The minimum Gasteiger partial charge on any atom is -0.403 e. The largest absolute Gasteiger partial charge is 0.403 e. The summed E-state index contributed by atoms with van der Waals surface area (Å²) in [4.78, 5) is 27.1. The number of nitrogens with zero attached hydrogens (tertiary/aromatic N) is 4. The number of carbonyl (C=O) groups excluding carboxylic acids is 2. The van der Waals surface area contributed by atoms with Gasteiger partial charge >= 0.3 is 0 Å². The minimum atomic E-state index is -2.69. The van der Waals surface area contributed by atoms with Crippen LogP contribution in [0.15, 0.2) is 59.7 Å². The van der Waals surface area contributed by atoms with E-state index in [0.29, 0.717) is 23.3 Å². The number of likely N-dealkylation sites (tertiary alicyclic amines) is 1. The summed E-state index contributed by atoms with van der Waals surface area (Å²) < 4.78 is 33.6. The predicted molar refractivity (Wildman–Crippen MR) is 118 cm³/mol. The van der Waals surface area contributed by atoms with Gasteiger partial charge in [0.15, 0.2) is 0 Å². The number of alkyl halides is 2. The number of carbonyl (C=O) groups is 2. The molecule has 4 rings (SSSR count). The molecule has 3 aromatic heterocycles. The van der Waals surface area contributed by atoms with E-state index in [1.807, 2.05) is 29.0 Å². The van der Waals surface area contributed by atoms with Crippen LogP contribution in [0.4, 0.5) is 8.78 Å². The van der Waals surface area contributed by atoms with E-state index in [9.17, 15) is 13.6 Å². The van der Waals surface area contributed by atoms with Crippen molar-refractivity contribution in [3.05, 3.63) is 66.5 Å². The van der Waals surface area contributed by atoms with Crippen LogP contribution in [-0.4, -0.2) is 50.9 Å². The molecular weight excluding hydrogens is 434 g/mol. The van der Waals surface area contributed by atoms with Gasteiger partial charge in [-0.05, 0) is 18.2 Å². The number of rotatable bonds is 5. The van der Waals surface area contributed by atoms with Crippen molar-refractivity contribution in [2.24, 2.45) is 11.5 Å². The lowest BCUT2D eigenvalue weighted by Gasteiger charge is -2.31. The number of allylic oxidation sites excluding steroid dienone is 3. The van der Waals surface area contributed by atoms with Gasteiger partial charge in [0, 0.05) is 62.4 Å². The molecular formula is C22H24F2N6O3. The Morgan fingerprint density at radius 2 is 1.97 bits per heavy atom. The highest BCUT2D eigenvalue weighted by atomic mass is 19.3. The van der Waals surface area contributed by atoms with Gasteiger partial charge in [-0.2, -0.15) is 0 Å². The van der Waals surface area contributed by atoms with Gasteiger partial charge in [-0.25, -0.2) is 13.8 Å². The Hall–Kier alpha value is -4.02. The fourth-order valence-electron chi connectivity index (χ4n) is 3.43. The van der Waals surface area contributed by atoms with Gasteiger partial charge in [0.05, 0.1) is 17.5 Å². The topological polar surface area (TPSA) is 133 Å². The van der Waals surface area contributed by atoms with E-state index in [0.717, 1.165) is 11.1 Å². The zero-order chi connectivity index (χ0) is 23.8. The Balaban J connectivity index is 0.000000968. The maximum Gasteiger partial charge on any atom is 0.255 e. The molecule has 0 radical (unpaired) electrons. The molecule has 9 nitrogen and oxygen atoms in total. The fraction of sp³-hybridized carbons (Fsp3) is 0.273. The lowest BCUT2D eigenvalue weighted by atomic mass is 10.1. The van der Waals surface area contributed by atoms with E-state index < -0.39 is 5.92 Å². The highest BCUT2D eigenvalue weighted by Crippen LogP contribution is 2.28. The molecule has 0 unspecified atom stereocenters. The summed E-state index contributed by atoms with van der Waals surface area (Å²) in [5.74, 6) is -2.24. The maximum atomic E-state index is 13.3. The first-order valence-electron chi connectivity index (χ1n) is 10.2. The molecule has 3 aromatic rings. The van der Waals surface area contributed by atoms with Crippen LogP contribution in [-0.2, 0) is 11.2 Å². The standard InChI is InChI=1S/C21H21F2N5O2.CH3NO/c22-21(23)6-10-27(11-7-21)20(29)16-12-15-5-9-28(19(15)25-14-16)17(13-24)2-1-3-18-4-8-26-30-18;2-1-3/h1-2,4-5,8-9,12-14H,3,6-7,10-11,24H2;1H,(H2,2,3)/b2-1-,17-13+;. The molecule has 0 bridgehead atoms. The summed E-state index contributed by atoms with van der Waals surface area (Å²) in [6, 6.07) is 5.34. The quantitative estimate of drug-likeness (QED) is 0.446. The average molecular weight is 458 g/mol. The van der Waals surface area contributed by atoms with Crippen molar-refractivity contribution in [3.8, 4) is 0 Å². The van der Waals surface area contributed by atoms with Gasteiger partial charge in [0.25, 0.3) is 11.8 Å². The zero-order valence-corrected chi connectivity index (χ0v) is 17.7. The van der Waals surface area contributed by atoms with Crippen LogP contribution in [0.3, 0.4) is 0 Å². The molecule has 4 heterocycles. The number of pyridine rings is 1. The summed E-state index contributed by atoms with van der Waals surface area (Å²) >= 11 is 0. The number of halogens is 2. The summed E-state index contributed by atoms with van der Waals surface area (Å²) in [7, 11) is 0. The summed E-state index contributed by atoms with van der Waals surface area (Å²) in [5.41, 5.74) is 11.7. The second-order valence-electron chi connectivity index (χ2n) is 7.28. The van der Waals surface area contributed by atoms with Crippen molar-refractivity contribution >= 4 is 29.0 Å². The highest BCUT2D eigenvalue weighted by molar-refractivity contribution is 5.97. The molecule has 1 fully saturated rings. The van der Waals surface area contributed by atoms with Crippen molar-refractivity contribution in [1.29, 1.82) is 0 Å². The Morgan fingerprint density at radius 1 is 1.24 bits per heavy atom. The molecule has 0 aliphatic carbocycles. The summed E-state index contributed by atoms with van der Waals surface area (Å²) in [6.07, 6.45) is 10.3. The van der Waals surface area contributed by atoms with Crippen LogP contribution in [0.5, 0.6) is 0 Å². The van der Waals surface area contributed by atoms with E-state index in [1.54, 1.807) is 18.3 Å². The highest BCUT2D eigenvalue weighted by Gasteiger charge is 2.35. The van der Waals surface area contributed by atoms with Gasteiger partial charge in [0.2, 0.25) is 6.41 Å². The number of piperidine rings is 1. The number of nitrogens with two attached hydrogens (primary N) is 2. The van der Waals surface area contributed by atoms with Gasteiger partial charge in [-0.15, -0.1) is 0 Å². The SMILES string of the molecule is N/C=C(\C=C/Cc1ccno1)n1ccc2cc(C(=O)N3CCC(F)(F)CC3)cnc21.NC=O. The molecule has 1 saturated heterocycles. The van der Waals surface area contributed by atoms with Crippen molar-refractivity contribution in [2.45, 2.75) is 25.2 Å². The molecule has 33 heavy (non-hydrogen) atoms. The molecule has 0 saturated carbocycles. The zero-order valence-electron chi connectivity index (χ0n) is 17.7. The minimum absolute atomic E-state index is 0.0426. The smallest absolute Gasteiger partial charge is 0.255 e. The first-order valence-corrected chi connectivity index (χ1v) is 10.2. The van der Waals surface area contributed by atoms with Crippen LogP contribution in [0.1, 0.15) is 29.0 Å². The van der Waals surface area contributed by atoms with Crippen LogP contribution in [0.2, 0.25) is 0 Å². The molecule has 0 aromatic carbocycles. The van der Waals surface area contributed by atoms with Crippen molar-refractivity contribution < 1.29 is 22.9 Å². The lowest BCUT2D eigenvalue weighted by molar-refractivity contribution is -0.106. The Bertz CT molecular complexity index is 1140. The average Bonchev–Trinajstić information content (AvgIpc) is 3.46. The number of primary amides is 1. The van der Waals surface area contributed by atoms with E-state index in [-0.39, 0.29) is 38.2 Å². The molecule has 11 heteroatoms. The van der Waals surface area contributed by atoms with Crippen molar-refractivity contribution in [2.75, 3.05) is 13.1 Å². The van der Waals surface area contributed by atoms with Crippen LogP contribution < -0.4 is 11.5 Å². The van der Waals surface area contributed by atoms with E-state index in [1.165, 1.54) is 17.3 Å². The molecule has 0 spiro atoms. The molecule has 1 aliphatic rings. The van der Waals surface area contributed by atoms with E-state index >= 15 is 0 Å². The number of fused-ring (bicyclic) bond motifs is 1. The monoisotopic (exact) mass is 458 g/mol. The summed E-state index contributed by atoms with van der Waals surface area (Å²) in [6.45, 7) is 0.0852. The molecule has 0 atom stereocenters. The first-order chi connectivity index (χ1) is 15.9. The third-order valence-electron chi connectivity index (χ3n) is 5.10. The predicted octanol–water partition coefficient (Wildman–Crippen LogP) is 2.55. The van der Waals surface area contributed by atoms with Gasteiger partial charge < -0.3 is 20.9 Å². The number of hydrogen-bond donors (Lipinski definition) is 2. The fourth-order valence-corrected chi connectivity index (χ4v) is 3.43. The number of aromatic nitrogens is 3. The normalized spacial score (nSPS) is 15.9. The number of hydrogen-bond acceptors (Lipinski definition) is 6. The Morgan fingerprint density at radius 3 is 2.61 bits per heavy atom. The van der Waals surface area contributed by atoms with Crippen molar-refractivity contribution in [3.63, 3.8) is 0 Å². The second-order valence-corrected chi connectivity index (χ2v) is 7.28. The molecule has 4 N–H and O–H groups in total. The molecule has 2 amide bonds. The van der Waals surface area contributed by atoms with Crippen molar-refractivity contribution in [1.82, 2.24) is 19.6 Å². The maximum absolute atomic E-state index is 13.3. The van der Waals surface area contributed by atoms with E-state index in [4.69, 9.17) is 15.1 Å². The molecule has 174 valence electrons. The van der Waals surface area contributed by atoms with Crippen LogP contribution in [0, 0.1) is 0 Å². The Labute approximate surface area is 188 Å². The third kappa shape index (κ3) is 5.82. The second kappa shape index (κ2) is 10.5.